The van der Waals surface area contributed by atoms with Gasteiger partial charge in [-0.15, -0.1) is 0 Å². The predicted octanol–water partition coefficient (Wildman–Crippen LogP) is 2.26. The van der Waals surface area contributed by atoms with Crippen molar-refractivity contribution in [1.82, 2.24) is 9.97 Å². The molecule has 4 aromatic rings. The molecule has 0 bridgehead atoms. The van der Waals surface area contributed by atoms with E-state index in [4.69, 9.17) is 11.7 Å². The molecule has 0 aliphatic rings. The van der Waals surface area contributed by atoms with Crippen LogP contribution in [0.25, 0.3) is 11.4 Å². The zero-order chi connectivity index (χ0) is 28.8. The van der Waals surface area contributed by atoms with Gasteiger partial charge in [0.25, 0.3) is 11.8 Å². The zero-order valence-corrected chi connectivity index (χ0v) is 20.5. The lowest BCUT2D eigenvalue weighted by Crippen LogP contribution is -2.18. The number of benzene rings is 2. The van der Waals surface area contributed by atoms with Crippen LogP contribution in [0.5, 0.6) is 11.5 Å². The number of amides is 2. The van der Waals surface area contributed by atoms with Crippen molar-refractivity contribution in [3.63, 3.8) is 0 Å². The molecular weight excluding hydrogens is 520 g/mol. The number of nitrogens with zero attached hydrogens (tertiary/aromatic N) is 2. The summed E-state index contributed by atoms with van der Waals surface area (Å²) in [6.45, 7) is 0. The van der Waals surface area contributed by atoms with E-state index in [1.165, 1.54) is 48.5 Å². The maximum absolute atomic E-state index is 12.7. The number of hydrogen-bond acceptors (Lipinski definition) is 12. The Bertz CT molecular complexity index is 1520. The summed E-state index contributed by atoms with van der Waals surface area (Å²) in [5.74, 6) is 9.78. The minimum atomic E-state index is -0.573. The minimum absolute atomic E-state index is 0.0397. The summed E-state index contributed by atoms with van der Waals surface area (Å²) in [6.07, 6.45) is 0.862. The fourth-order valence-electron chi connectivity index (χ4n) is 3.59. The summed E-state index contributed by atoms with van der Waals surface area (Å²) >= 11 is 0. The standard InChI is InChI=1S/C26H22N8O6/c27-33-23-19(31-25(39)13-1-7-21(37)15(9-13)11-35)5-3-17(29-23)18-4-6-20(24(30-18)34-28)32-26(40)14-2-8-22(38)16(10-14)12-36/h1-12,37-38H,27-28H2,(H,29,33)(H,30,34)(H,31,39)(H,32,40). The largest absolute Gasteiger partial charge is 0.507 e. The maximum Gasteiger partial charge on any atom is 0.255 e. The third-order valence-corrected chi connectivity index (χ3v) is 5.66. The number of aromatic nitrogens is 2. The Labute approximate surface area is 226 Å². The van der Waals surface area contributed by atoms with Gasteiger partial charge in [0.2, 0.25) is 0 Å². The van der Waals surface area contributed by atoms with E-state index >= 15 is 0 Å². The van der Waals surface area contributed by atoms with Crippen molar-refractivity contribution in [1.29, 1.82) is 0 Å². The van der Waals surface area contributed by atoms with E-state index in [0.717, 1.165) is 0 Å². The molecule has 2 amide bonds. The van der Waals surface area contributed by atoms with Crippen LogP contribution < -0.4 is 33.2 Å². The number of aromatic hydroxyl groups is 2. The number of aldehydes is 2. The Hall–Kier alpha value is -5.86. The van der Waals surface area contributed by atoms with Crippen LogP contribution in [0.4, 0.5) is 23.0 Å². The molecule has 0 aliphatic heterocycles. The number of hydrogen-bond donors (Lipinski definition) is 8. The topological polar surface area (TPSA) is 235 Å². The molecule has 0 fully saturated rings. The van der Waals surface area contributed by atoms with Gasteiger partial charge in [0.05, 0.1) is 33.9 Å². The van der Waals surface area contributed by atoms with Gasteiger partial charge in [-0.3, -0.25) is 19.2 Å². The molecule has 40 heavy (non-hydrogen) atoms. The van der Waals surface area contributed by atoms with Gasteiger partial charge < -0.3 is 31.7 Å². The Morgan fingerprint density at radius 3 is 1.40 bits per heavy atom. The van der Waals surface area contributed by atoms with Crippen LogP contribution in [-0.2, 0) is 0 Å². The van der Waals surface area contributed by atoms with E-state index < -0.39 is 11.8 Å². The summed E-state index contributed by atoms with van der Waals surface area (Å²) in [6, 6.07) is 13.8. The van der Waals surface area contributed by atoms with Gasteiger partial charge >= 0.3 is 0 Å². The van der Waals surface area contributed by atoms with Gasteiger partial charge in [0, 0.05) is 11.1 Å². The first-order valence-electron chi connectivity index (χ1n) is 11.4. The Morgan fingerprint density at radius 1 is 0.650 bits per heavy atom. The highest BCUT2D eigenvalue weighted by Crippen LogP contribution is 2.28. The molecule has 2 aromatic heterocycles. The molecule has 202 valence electrons. The average molecular weight is 543 g/mol. The van der Waals surface area contributed by atoms with Gasteiger partial charge in [0.1, 0.15) is 11.5 Å². The van der Waals surface area contributed by atoms with Crippen LogP contribution in [0.1, 0.15) is 41.4 Å². The molecule has 4 rings (SSSR count). The number of nitrogens with one attached hydrogen (secondary N) is 4. The average Bonchev–Trinajstić information content (AvgIpc) is 2.97. The second-order valence-electron chi connectivity index (χ2n) is 8.17. The lowest BCUT2D eigenvalue weighted by atomic mass is 10.1. The SMILES string of the molecule is NNc1nc(-c2ccc(NC(=O)c3ccc(O)c(C=O)c3)c(NN)n2)ccc1NC(=O)c1ccc(O)c(C=O)c1. The molecule has 10 N–H and O–H groups in total. The summed E-state index contributed by atoms with van der Waals surface area (Å²) in [5.41, 5.74) is 6.09. The van der Waals surface area contributed by atoms with Crippen LogP contribution in [0.15, 0.2) is 60.7 Å². The number of carbonyl (C=O) groups is 4. The van der Waals surface area contributed by atoms with E-state index in [9.17, 15) is 29.4 Å². The highest BCUT2D eigenvalue weighted by molar-refractivity contribution is 6.07. The van der Waals surface area contributed by atoms with Crippen molar-refractivity contribution >= 4 is 47.4 Å². The first-order valence-corrected chi connectivity index (χ1v) is 11.4. The van der Waals surface area contributed by atoms with Crippen LogP contribution in [0, 0.1) is 0 Å². The quantitative estimate of drug-likeness (QED) is 0.0864. The summed E-state index contributed by atoms with van der Waals surface area (Å²) < 4.78 is 0. The summed E-state index contributed by atoms with van der Waals surface area (Å²) in [4.78, 5) is 56.2. The van der Waals surface area contributed by atoms with Crippen molar-refractivity contribution < 1.29 is 29.4 Å². The number of anilines is 4. The number of carbonyl (C=O) groups excluding carboxylic acids is 4. The number of nitrogens with two attached hydrogens (primary N) is 2. The van der Waals surface area contributed by atoms with Gasteiger partial charge in [0.15, 0.2) is 24.2 Å². The molecule has 14 heteroatoms. The highest BCUT2D eigenvalue weighted by atomic mass is 16.3. The van der Waals surface area contributed by atoms with E-state index in [1.54, 1.807) is 12.1 Å². The Kier molecular flexibility index (Phi) is 7.94. The monoisotopic (exact) mass is 542 g/mol. The molecule has 0 saturated carbocycles. The van der Waals surface area contributed by atoms with Crippen molar-refractivity contribution in [2.75, 3.05) is 21.5 Å². The number of hydrazine groups is 2. The first-order chi connectivity index (χ1) is 19.3. The molecule has 0 unspecified atom stereocenters. The van der Waals surface area contributed by atoms with Gasteiger partial charge in [-0.05, 0) is 60.7 Å². The van der Waals surface area contributed by atoms with Crippen LogP contribution in [0.3, 0.4) is 0 Å². The number of phenolic OH excluding ortho intramolecular Hbond substituents is 2. The van der Waals surface area contributed by atoms with E-state index in [2.05, 4.69) is 31.5 Å². The summed E-state index contributed by atoms with van der Waals surface area (Å²) in [5, 5.41) is 24.6. The zero-order valence-electron chi connectivity index (χ0n) is 20.5. The molecule has 0 spiro atoms. The van der Waals surface area contributed by atoms with Crippen molar-refractivity contribution in [3.8, 4) is 22.9 Å². The molecule has 2 aromatic carbocycles. The Balaban J connectivity index is 1.56. The fraction of sp³-hybridized carbons (Fsp3) is 0. The third-order valence-electron chi connectivity index (χ3n) is 5.66. The first kappa shape index (κ1) is 27.2. The molecule has 2 heterocycles. The molecular formula is C26H22N8O6. The number of phenols is 2. The van der Waals surface area contributed by atoms with Crippen molar-refractivity contribution in [2.45, 2.75) is 0 Å². The fourth-order valence-corrected chi connectivity index (χ4v) is 3.59. The van der Waals surface area contributed by atoms with Gasteiger partial charge in [-0.1, -0.05) is 0 Å². The number of nitrogen functional groups attached to an aromatic ring is 2. The second kappa shape index (κ2) is 11.7. The highest BCUT2D eigenvalue weighted by Gasteiger charge is 2.16. The molecule has 0 radical (unpaired) electrons. The van der Waals surface area contributed by atoms with Gasteiger partial charge in [-0.25, -0.2) is 21.7 Å². The third kappa shape index (κ3) is 5.67. The predicted molar refractivity (Wildman–Crippen MR) is 146 cm³/mol. The minimum Gasteiger partial charge on any atom is -0.507 e. The normalized spacial score (nSPS) is 10.3. The molecule has 0 aliphatic carbocycles. The van der Waals surface area contributed by atoms with Crippen LogP contribution in [-0.4, -0.2) is 44.6 Å². The molecule has 0 saturated heterocycles. The van der Waals surface area contributed by atoms with E-state index in [1.807, 2.05) is 0 Å². The van der Waals surface area contributed by atoms with Crippen molar-refractivity contribution in [3.05, 3.63) is 82.9 Å². The van der Waals surface area contributed by atoms with Gasteiger partial charge in [-0.2, -0.15) is 0 Å². The molecule has 14 nitrogen and oxygen atoms in total. The number of rotatable bonds is 9. The van der Waals surface area contributed by atoms with E-state index in [-0.39, 0.29) is 56.8 Å². The van der Waals surface area contributed by atoms with E-state index in [0.29, 0.717) is 24.0 Å². The Morgan fingerprint density at radius 2 is 1.05 bits per heavy atom. The molecule has 0 atom stereocenters. The number of pyridine rings is 2. The van der Waals surface area contributed by atoms with Crippen LogP contribution in [0.2, 0.25) is 0 Å². The van der Waals surface area contributed by atoms with Crippen LogP contribution >= 0.6 is 0 Å². The lowest BCUT2D eigenvalue weighted by molar-refractivity contribution is 0.101. The summed E-state index contributed by atoms with van der Waals surface area (Å²) in [7, 11) is 0. The maximum atomic E-state index is 12.7. The lowest BCUT2D eigenvalue weighted by Gasteiger charge is -2.14. The smallest absolute Gasteiger partial charge is 0.255 e. The second-order valence-corrected chi connectivity index (χ2v) is 8.17. The van der Waals surface area contributed by atoms with Crippen molar-refractivity contribution in [2.24, 2.45) is 11.7 Å².